The smallest absolute Gasteiger partial charge is 0.277 e. The summed E-state index contributed by atoms with van der Waals surface area (Å²) in [6.45, 7) is 4.93. The topological polar surface area (TPSA) is 72.7 Å². The van der Waals surface area contributed by atoms with Gasteiger partial charge in [0.2, 0.25) is 6.79 Å². The maximum absolute atomic E-state index is 12.4. The fourth-order valence-corrected chi connectivity index (χ4v) is 3.81. The maximum Gasteiger partial charge on any atom is 0.277 e. The van der Waals surface area contributed by atoms with E-state index < -0.39 is 5.60 Å². The van der Waals surface area contributed by atoms with Gasteiger partial charge >= 0.3 is 0 Å². The maximum atomic E-state index is 12.4. The molecule has 2 fully saturated rings. The Bertz CT molecular complexity index is 636. The summed E-state index contributed by atoms with van der Waals surface area (Å²) in [7, 11) is 0. The summed E-state index contributed by atoms with van der Waals surface area (Å²) in [5, 5.41) is 11.1. The fourth-order valence-electron chi connectivity index (χ4n) is 3.81. The first kappa shape index (κ1) is 16.6. The second kappa shape index (κ2) is 6.82. The molecule has 0 saturated carbocycles. The summed E-state index contributed by atoms with van der Waals surface area (Å²) in [4.78, 5) is 15.5. The SMILES string of the molecule is O=C(C[NH+]1CCC(O)(c2ccc3c(c2)OCO3)CC1)N1CCOCC1. The van der Waals surface area contributed by atoms with Crippen molar-refractivity contribution in [1.29, 1.82) is 0 Å². The molecule has 3 heterocycles. The molecule has 7 heteroatoms. The molecule has 0 aromatic heterocycles. The summed E-state index contributed by atoms with van der Waals surface area (Å²) in [6, 6.07) is 5.65. The zero-order valence-electron chi connectivity index (χ0n) is 14.3. The summed E-state index contributed by atoms with van der Waals surface area (Å²) in [6.07, 6.45) is 1.27. The van der Waals surface area contributed by atoms with Gasteiger partial charge in [-0.1, -0.05) is 6.07 Å². The standard InChI is InChI=1S/C18H24N2O5/c21-17(20-7-9-23-10-8-20)12-19-5-3-18(22,4-6-19)14-1-2-15-16(11-14)25-13-24-15/h1-2,11,22H,3-10,12-13H2/p+1. The lowest BCUT2D eigenvalue weighted by Crippen LogP contribution is -3.14. The Hall–Kier alpha value is -1.83. The molecule has 1 aromatic carbocycles. The third-order valence-corrected chi connectivity index (χ3v) is 5.46. The normalized spacial score (nSPS) is 28.8. The van der Waals surface area contributed by atoms with E-state index >= 15 is 0 Å². The van der Waals surface area contributed by atoms with Crippen LogP contribution in [0, 0.1) is 0 Å². The molecular formula is C18H25N2O5+. The Kier molecular flexibility index (Phi) is 4.54. The van der Waals surface area contributed by atoms with Crippen molar-refractivity contribution >= 4 is 5.91 Å². The number of rotatable bonds is 3. The average Bonchev–Trinajstić information content (AvgIpc) is 3.12. The molecule has 4 rings (SSSR count). The Balaban J connectivity index is 1.35. The number of nitrogens with one attached hydrogen (secondary N) is 1. The molecule has 0 radical (unpaired) electrons. The van der Waals surface area contributed by atoms with Gasteiger partial charge in [0.05, 0.1) is 26.3 Å². The van der Waals surface area contributed by atoms with Gasteiger partial charge in [0.25, 0.3) is 5.91 Å². The molecule has 0 atom stereocenters. The number of nitrogens with zero attached hydrogens (tertiary/aromatic N) is 1. The number of quaternary nitrogens is 1. The van der Waals surface area contributed by atoms with Gasteiger partial charge in [0.15, 0.2) is 18.0 Å². The molecule has 3 aliphatic rings. The van der Waals surface area contributed by atoms with Crippen LogP contribution in [0.15, 0.2) is 18.2 Å². The Morgan fingerprint density at radius 1 is 1.16 bits per heavy atom. The quantitative estimate of drug-likeness (QED) is 0.743. The van der Waals surface area contributed by atoms with E-state index in [1.165, 1.54) is 4.90 Å². The van der Waals surface area contributed by atoms with Gasteiger partial charge in [-0.05, 0) is 17.7 Å². The van der Waals surface area contributed by atoms with Crippen LogP contribution in [0.25, 0.3) is 0 Å². The number of hydrogen-bond acceptors (Lipinski definition) is 5. The Morgan fingerprint density at radius 2 is 1.88 bits per heavy atom. The predicted octanol–water partition coefficient (Wildman–Crippen LogP) is -0.860. The largest absolute Gasteiger partial charge is 0.454 e. The van der Waals surface area contributed by atoms with Gasteiger partial charge in [-0.25, -0.2) is 0 Å². The molecule has 25 heavy (non-hydrogen) atoms. The number of carbonyl (C=O) groups is 1. The number of carbonyl (C=O) groups excluding carboxylic acids is 1. The molecule has 2 N–H and O–H groups in total. The van der Waals surface area contributed by atoms with Crippen LogP contribution in [-0.4, -0.2) is 68.6 Å². The first-order chi connectivity index (χ1) is 12.1. The van der Waals surface area contributed by atoms with Crippen LogP contribution in [0.5, 0.6) is 11.5 Å². The van der Waals surface area contributed by atoms with Gasteiger partial charge in [0.1, 0.15) is 5.60 Å². The molecule has 1 aromatic rings. The van der Waals surface area contributed by atoms with Crippen LogP contribution in [-0.2, 0) is 15.1 Å². The van der Waals surface area contributed by atoms with E-state index in [1.807, 2.05) is 23.1 Å². The number of fused-ring (bicyclic) bond motifs is 1. The van der Waals surface area contributed by atoms with Gasteiger partial charge in [-0.15, -0.1) is 0 Å². The Labute approximate surface area is 147 Å². The van der Waals surface area contributed by atoms with E-state index in [-0.39, 0.29) is 12.7 Å². The first-order valence-electron chi connectivity index (χ1n) is 8.96. The molecule has 0 unspecified atom stereocenters. The van der Waals surface area contributed by atoms with Crippen LogP contribution in [0.2, 0.25) is 0 Å². The zero-order valence-corrected chi connectivity index (χ0v) is 14.3. The van der Waals surface area contributed by atoms with Crippen molar-refractivity contribution in [2.24, 2.45) is 0 Å². The highest BCUT2D eigenvalue weighted by Crippen LogP contribution is 2.38. The number of benzene rings is 1. The summed E-state index contributed by atoms with van der Waals surface area (Å²) >= 11 is 0. The van der Waals surface area contributed by atoms with Crippen LogP contribution < -0.4 is 14.4 Å². The lowest BCUT2D eigenvalue weighted by molar-refractivity contribution is -0.900. The minimum Gasteiger partial charge on any atom is -0.454 e. The minimum absolute atomic E-state index is 0.187. The number of aliphatic hydroxyl groups is 1. The highest BCUT2D eigenvalue weighted by atomic mass is 16.7. The number of morpholine rings is 1. The van der Waals surface area contributed by atoms with E-state index in [2.05, 4.69) is 0 Å². The number of ether oxygens (including phenoxy) is 3. The van der Waals surface area contributed by atoms with Crippen molar-refractivity contribution in [3.63, 3.8) is 0 Å². The van der Waals surface area contributed by atoms with Gasteiger partial charge in [-0.2, -0.15) is 0 Å². The van der Waals surface area contributed by atoms with Crippen LogP contribution in [0.3, 0.4) is 0 Å². The molecule has 136 valence electrons. The van der Waals surface area contributed by atoms with Crippen molar-refractivity contribution < 1.29 is 29.0 Å². The van der Waals surface area contributed by atoms with Gasteiger partial charge in [-0.3, -0.25) is 4.79 Å². The van der Waals surface area contributed by atoms with Gasteiger partial charge in [0, 0.05) is 25.9 Å². The summed E-state index contributed by atoms with van der Waals surface area (Å²) in [5.74, 6) is 1.61. The van der Waals surface area contributed by atoms with E-state index in [1.54, 1.807) is 0 Å². The lowest BCUT2D eigenvalue weighted by atomic mass is 9.84. The van der Waals surface area contributed by atoms with Crippen LogP contribution >= 0.6 is 0 Å². The summed E-state index contributed by atoms with van der Waals surface area (Å²) < 4.78 is 16.0. The number of hydrogen-bond donors (Lipinski definition) is 2. The molecular weight excluding hydrogens is 324 g/mol. The van der Waals surface area contributed by atoms with Crippen molar-refractivity contribution in [2.75, 3.05) is 52.7 Å². The first-order valence-corrected chi connectivity index (χ1v) is 8.96. The van der Waals surface area contributed by atoms with Crippen molar-refractivity contribution in [3.8, 4) is 11.5 Å². The van der Waals surface area contributed by atoms with E-state index in [0.717, 1.165) is 24.4 Å². The van der Waals surface area contributed by atoms with Crippen molar-refractivity contribution in [3.05, 3.63) is 23.8 Å². The average molecular weight is 349 g/mol. The van der Waals surface area contributed by atoms with Crippen LogP contribution in [0.4, 0.5) is 0 Å². The zero-order chi connectivity index (χ0) is 17.3. The summed E-state index contributed by atoms with van der Waals surface area (Å²) in [5.41, 5.74) is 0.0160. The predicted molar refractivity (Wildman–Crippen MR) is 88.7 cm³/mol. The number of piperidine rings is 1. The van der Waals surface area contributed by atoms with Crippen molar-refractivity contribution in [2.45, 2.75) is 18.4 Å². The Morgan fingerprint density at radius 3 is 2.64 bits per heavy atom. The molecule has 3 aliphatic heterocycles. The molecule has 7 nitrogen and oxygen atoms in total. The monoisotopic (exact) mass is 349 g/mol. The third kappa shape index (κ3) is 3.44. The second-order valence-corrected chi connectivity index (χ2v) is 7.02. The van der Waals surface area contributed by atoms with Gasteiger partial charge < -0.3 is 29.1 Å². The molecule has 0 spiro atoms. The highest BCUT2D eigenvalue weighted by Gasteiger charge is 2.38. The van der Waals surface area contributed by atoms with Crippen LogP contribution in [0.1, 0.15) is 18.4 Å². The van der Waals surface area contributed by atoms with E-state index in [4.69, 9.17) is 14.2 Å². The lowest BCUT2D eigenvalue weighted by Gasteiger charge is -2.37. The molecule has 0 bridgehead atoms. The number of amides is 1. The molecule has 1 amide bonds. The van der Waals surface area contributed by atoms with E-state index in [9.17, 15) is 9.90 Å². The second-order valence-electron chi connectivity index (χ2n) is 7.02. The fraction of sp³-hybridized carbons (Fsp3) is 0.611. The van der Waals surface area contributed by atoms with Crippen molar-refractivity contribution in [1.82, 2.24) is 4.90 Å². The molecule has 0 aliphatic carbocycles. The van der Waals surface area contributed by atoms with E-state index in [0.29, 0.717) is 51.4 Å². The minimum atomic E-state index is -0.855. The number of likely N-dealkylation sites (tertiary alicyclic amines) is 1. The third-order valence-electron chi connectivity index (χ3n) is 5.46. The highest BCUT2D eigenvalue weighted by molar-refractivity contribution is 5.77. The molecule has 2 saturated heterocycles.